The van der Waals surface area contributed by atoms with Gasteiger partial charge in [-0.05, 0) is 37.0 Å². The quantitative estimate of drug-likeness (QED) is 0.415. The number of ether oxygens (including phenoxy) is 2. The summed E-state index contributed by atoms with van der Waals surface area (Å²) in [5.74, 6) is 2.44. The normalized spacial score (nSPS) is 25.1. The van der Waals surface area contributed by atoms with E-state index in [2.05, 4.69) is 36.5 Å². The van der Waals surface area contributed by atoms with Crippen LogP contribution in [0.4, 0.5) is 4.79 Å². The SMILES string of the molecule is CC[C@H](NC(O)c1cnn(/C=C/C(C)(C)COC(=O)N2CCNCC2)c1OC)C1CCC(C)CC1C. The summed E-state index contributed by atoms with van der Waals surface area (Å²) in [7, 11) is 1.58. The molecule has 3 rings (SSSR count). The van der Waals surface area contributed by atoms with Gasteiger partial charge >= 0.3 is 6.09 Å². The Balaban J connectivity index is 1.61. The van der Waals surface area contributed by atoms with E-state index in [1.807, 2.05) is 19.9 Å². The molecular formula is C27H47N5O4. The number of hydrogen-bond donors (Lipinski definition) is 3. The maximum Gasteiger partial charge on any atom is 0.409 e. The second-order valence-electron chi connectivity index (χ2n) is 11.3. The number of methoxy groups -OCH3 is 1. The number of carbonyl (C=O) groups is 1. The first-order valence-corrected chi connectivity index (χ1v) is 13.5. The molecule has 2 aliphatic rings. The van der Waals surface area contributed by atoms with E-state index in [1.54, 1.807) is 29.1 Å². The van der Waals surface area contributed by atoms with Crippen molar-refractivity contribution < 1.29 is 19.4 Å². The number of aliphatic hydroxyl groups excluding tert-OH is 1. The average molecular weight is 506 g/mol. The summed E-state index contributed by atoms with van der Waals surface area (Å²) in [5.41, 5.74) is 0.208. The molecule has 9 nitrogen and oxygen atoms in total. The smallest absolute Gasteiger partial charge is 0.409 e. The molecule has 9 heteroatoms. The topological polar surface area (TPSA) is 101 Å². The number of rotatable bonds is 10. The average Bonchev–Trinajstić information content (AvgIpc) is 3.29. The highest BCUT2D eigenvalue weighted by Gasteiger charge is 2.32. The minimum Gasteiger partial charge on any atom is -0.481 e. The summed E-state index contributed by atoms with van der Waals surface area (Å²) in [6.07, 6.45) is 8.88. The van der Waals surface area contributed by atoms with Crippen LogP contribution in [0.1, 0.15) is 72.1 Å². The Labute approximate surface area is 216 Å². The molecular weight excluding hydrogens is 458 g/mol. The summed E-state index contributed by atoms with van der Waals surface area (Å²) >= 11 is 0. The van der Waals surface area contributed by atoms with Crippen LogP contribution in [0, 0.1) is 23.2 Å². The number of nitrogens with zero attached hydrogens (tertiary/aromatic N) is 3. The number of amides is 1. The van der Waals surface area contributed by atoms with E-state index in [4.69, 9.17) is 9.47 Å². The summed E-state index contributed by atoms with van der Waals surface area (Å²) in [6.45, 7) is 14.0. The molecule has 2 fully saturated rings. The van der Waals surface area contributed by atoms with E-state index in [1.165, 1.54) is 19.3 Å². The highest BCUT2D eigenvalue weighted by atomic mass is 16.6. The van der Waals surface area contributed by atoms with E-state index in [9.17, 15) is 9.90 Å². The van der Waals surface area contributed by atoms with Crippen molar-refractivity contribution in [3.8, 4) is 5.88 Å². The van der Waals surface area contributed by atoms with Gasteiger partial charge in [-0.1, -0.05) is 47.1 Å². The molecule has 0 bridgehead atoms. The van der Waals surface area contributed by atoms with Gasteiger partial charge in [0.05, 0.1) is 18.9 Å². The molecule has 1 amide bonds. The van der Waals surface area contributed by atoms with Gasteiger partial charge in [-0.15, -0.1) is 0 Å². The highest BCUT2D eigenvalue weighted by Crippen LogP contribution is 2.37. The Morgan fingerprint density at radius 2 is 2.06 bits per heavy atom. The van der Waals surface area contributed by atoms with E-state index in [-0.39, 0.29) is 18.7 Å². The lowest BCUT2D eigenvalue weighted by Gasteiger charge is -2.38. The minimum atomic E-state index is -0.869. The molecule has 4 unspecified atom stereocenters. The van der Waals surface area contributed by atoms with Crippen molar-refractivity contribution in [1.82, 2.24) is 25.3 Å². The predicted molar refractivity (Wildman–Crippen MR) is 142 cm³/mol. The number of nitrogens with one attached hydrogen (secondary N) is 2. The zero-order valence-corrected chi connectivity index (χ0v) is 23.0. The maximum atomic E-state index is 12.3. The van der Waals surface area contributed by atoms with E-state index < -0.39 is 11.6 Å². The van der Waals surface area contributed by atoms with Crippen molar-refractivity contribution in [2.45, 2.75) is 72.6 Å². The molecule has 0 aromatic carbocycles. The van der Waals surface area contributed by atoms with Gasteiger partial charge in [0.2, 0.25) is 5.88 Å². The van der Waals surface area contributed by atoms with Crippen LogP contribution in [0.2, 0.25) is 0 Å². The second kappa shape index (κ2) is 12.9. The summed E-state index contributed by atoms with van der Waals surface area (Å²) in [6, 6.07) is 0.232. The first-order chi connectivity index (χ1) is 17.1. The van der Waals surface area contributed by atoms with Crippen molar-refractivity contribution in [2.75, 3.05) is 39.9 Å². The van der Waals surface area contributed by atoms with E-state index >= 15 is 0 Å². The van der Waals surface area contributed by atoms with Crippen LogP contribution in [0.3, 0.4) is 0 Å². The van der Waals surface area contributed by atoms with Crippen molar-refractivity contribution in [3.63, 3.8) is 0 Å². The molecule has 5 atom stereocenters. The standard InChI is InChI=1S/C27H47N5O4/c1-7-23(21-9-8-19(2)16-20(21)3)30-24(33)22-17-29-32(25(22)35-6)13-10-27(4,5)18-36-26(34)31-14-11-28-12-15-31/h10,13,17,19-21,23-24,28,30,33H,7-9,11-12,14-16,18H2,1-6H3/b13-10+/t19?,20?,21?,23-,24?/m0/s1. The predicted octanol–water partition coefficient (Wildman–Crippen LogP) is 3.86. The third-order valence-corrected chi connectivity index (χ3v) is 7.70. The Morgan fingerprint density at radius 1 is 1.33 bits per heavy atom. The van der Waals surface area contributed by atoms with Crippen LogP contribution in [-0.4, -0.2) is 71.8 Å². The van der Waals surface area contributed by atoms with Gasteiger partial charge in [-0.25, -0.2) is 9.48 Å². The number of aromatic nitrogens is 2. The van der Waals surface area contributed by atoms with Crippen molar-refractivity contribution in [3.05, 3.63) is 17.8 Å². The Bertz CT molecular complexity index is 864. The van der Waals surface area contributed by atoms with E-state index in [0.717, 1.165) is 25.4 Å². The van der Waals surface area contributed by atoms with Gasteiger partial charge in [0.25, 0.3) is 0 Å². The molecule has 1 aromatic rings. The molecule has 0 radical (unpaired) electrons. The Kier molecular flexibility index (Phi) is 10.2. The first-order valence-electron chi connectivity index (χ1n) is 13.5. The first kappa shape index (κ1) is 28.5. The van der Waals surface area contributed by atoms with Gasteiger partial charge in [0.15, 0.2) is 0 Å². The fourth-order valence-corrected chi connectivity index (χ4v) is 5.50. The molecule has 1 saturated carbocycles. The van der Waals surface area contributed by atoms with Crippen molar-refractivity contribution in [1.29, 1.82) is 0 Å². The maximum absolute atomic E-state index is 12.3. The zero-order chi connectivity index (χ0) is 26.3. The molecule has 1 aliphatic carbocycles. The monoisotopic (exact) mass is 505 g/mol. The van der Waals surface area contributed by atoms with E-state index in [0.29, 0.717) is 36.4 Å². The minimum absolute atomic E-state index is 0.232. The molecule has 204 valence electrons. The van der Waals surface area contributed by atoms with Gasteiger partial charge in [-0.2, -0.15) is 5.10 Å². The van der Waals surface area contributed by atoms with Crippen LogP contribution in [0.25, 0.3) is 6.20 Å². The number of aliphatic hydroxyl groups is 1. The van der Waals surface area contributed by atoms with Gasteiger partial charge < -0.3 is 24.8 Å². The lowest BCUT2D eigenvalue weighted by Crippen LogP contribution is -2.47. The van der Waals surface area contributed by atoms with Crippen LogP contribution in [0.15, 0.2) is 12.3 Å². The highest BCUT2D eigenvalue weighted by molar-refractivity contribution is 5.67. The molecule has 1 saturated heterocycles. The molecule has 1 aromatic heterocycles. The largest absolute Gasteiger partial charge is 0.481 e. The summed E-state index contributed by atoms with van der Waals surface area (Å²) < 4.78 is 12.8. The van der Waals surface area contributed by atoms with Crippen molar-refractivity contribution >= 4 is 12.3 Å². The van der Waals surface area contributed by atoms with Crippen LogP contribution >= 0.6 is 0 Å². The third kappa shape index (κ3) is 7.46. The van der Waals surface area contributed by atoms with Crippen LogP contribution in [0.5, 0.6) is 5.88 Å². The molecule has 1 aliphatic heterocycles. The number of carbonyl (C=O) groups excluding carboxylic acids is 1. The molecule has 2 heterocycles. The molecule has 36 heavy (non-hydrogen) atoms. The number of piperazine rings is 1. The van der Waals surface area contributed by atoms with Crippen LogP contribution < -0.4 is 15.4 Å². The number of hydrogen-bond acceptors (Lipinski definition) is 7. The third-order valence-electron chi connectivity index (χ3n) is 7.70. The fourth-order valence-electron chi connectivity index (χ4n) is 5.50. The lowest BCUT2D eigenvalue weighted by molar-refractivity contribution is 0.0754. The Hall–Kier alpha value is -2.10. The summed E-state index contributed by atoms with van der Waals surface area (Å²) in [4.78, 5) is 14.1. The molecule has 3 N–H and O–H groups in total. The van der Waals surface area contributed by atoms with Gasteiger partial charge in [-0.3, -0.25) is 5.32 Å². The molecule has 0 spiro atoms. The second-order valence-corrected chi connectivity index (χ2v) is 11.3. The van der Waals surface area contributed by atoms with Crippen molar-refractivity contribution in [2.24, 2.45) is 23.2 Å². The van der Waals surface area contributed by atoms with Crippen LogP contribution in [-0.2, 0) is 4.74 Å². The lowest BCUT2D eigenvalue weighted by atomic mass is 9.72. The Morgan fingerprint density at radius 3 is 2.69 bits per heavy atom. The zero-order valence-electron chi connectivity index (χ0n) is 23.0. The summed E-state index contributed by atoms with van der Waals surface area (Å²) in [5, 5.41) is 22.2. The van der Waals surface area contributed by atoms with Gasteiger partial charge in [0, 0.05) is 43.8 Å². The van der Waals surface area contributed by atoms with Gasteiger partial charge in [0.1, 0.15) is 12.8 Å². The fraction of sp³-hybridized carbons (Fsp3) is 0.778.